The van der Waals surface area contributed by atoms with E-state index in [-0.39, 0.29) is 6.85 Å². The highest BCUT2D eigenvalue weighted by molar-refractivity contribution is 6.90. The third kappa shape index (κ3) is 4.06. The Labute approximate surface area is 352 Å². The zero-order chi connectivity index (χ0) is 38.6. The fraction of sp³-hybridized carbons (Fsp3) is 0.357. The molecule has 7 aromatic rings. The minimum absolute atomic E-state index is 0.0307. The van der Waals surface area contributed by atoms with Gasteiger partial charge in [0.2, 0.25) is 0 Å². The molecule has 8 saturated carbocycles. The van der Waals surface area contributed by atoms with Gasteiger partial charge in [0.05, 0.1) is 11.4 Å². The summed E-state index contributed by atoms with van der Waals surface area (Å²) in [5, 5.41) is 3.00. The molecule has 4 heteroatoms. The van der Waals surface area contributed by atoms with Gasteiger partial charge in [-0.05, 0) is 217 Å². The predicted molar refractivity (Wildman–Crippen MR) is 245 cm³/mol. The molecule has 0 amide bonds. The highest BCUT2D eigenvalue weighted by Gasteiger charge is 2.54. The average Bonchev–Trinajstić information content (AvgIpc) is 3.59. The molecule has 18 rings (SSSR count). The van der Waals surface area contributed by atoms with E-state index in [2.05, 4.69) is 125 Å². The Balaban J connectivity index is 1.03. The zero-order valence-corrected chi connectivity index (χ0v) is 34.3. The summed E-state index contributed by atoms with van der Waals surface area (Å²) in [5.74, 6) is 7.36. The molecule has 0 atom stereocenters. The van der Waals surface area contributed by atoms with E-state index in [0.29, 0.717) is 10.8 Å². The van der Waals surface area contributed by atoms with E-state index in [1.807, 2.05) is 0 Å². The Morgan fingerprint density at radius 2 is 1.13 bits per heavy atom. The van der Waals surface area contributed by atoms with E-state index in [1.54, 1.807) is 11.1 Å². The van der Waals surface area contributed by atoms with E-state index in [0.717, 1.165) is 52.7 Å². The number of aromatic nitrogens is 1. The van der Waals surface area contributed by atoms with Gasteiger partial charge in [-0.2, -0.15) is 0 Å². The first kappa shape index (κ1) is 32.5. The summed E-state index contributed by atoms with van der Waals surface area (Å²) in [6.45, 7) is 0.0307. The van der Waals surface area contributed by atoms with Crippen molar-refractivity contribution in [1.29, 1.82) is 0 Å². The zero-order valence-electron chi connectivity index (χ0n) is 34.3. The second-order valence-electron chi connectivity index (χ2n) is 21.7. The molecular weight excluding hydrogens is 727 g/mol. The largest absolute Gasteiger partial charge is 0.453 e. The molecule has 292 valence electrons. The number of hydrogen-bond donors (Lipinski definition) is 0. The minimum Gasteiger partial charge on any atom is -0.453 e. The number of nitrogens with zero attached hydrogens (tertiary/aromatic N) is 2. The molecule has 6 aromatic carbocycles. The summed E-state index contributed by atoms with van der Waals surface area (Å²) >= 11 is 0. The summed E-state index contributed by atoms with van der Waals surface area (Å²) in [4.78, 5) is 2.56. The van der Waals surface area contributed by atoms with Gasteiger partial charge in [0.15, 0.2) is 11.5 Å². The number of rotatable bonds is 3. The molecule has 3 aliphatic heterocycles. The molecule has 0 N–H and O–H groups in total. The van der Waals surface area contributed by atoms with Crippen molar-refractivity contribution in [3.63, 3.8) is 0 Å². The Morgan fingerprint density at radius 3 is 1.85 bits per heavy atom. The van der Waals surface area contributed by atoms with Crippen LogP contribution in [0.3, 0.4) is 0 Å². The van der Waals surface area contributed by atoms with Crippen molar-refractivity contribution in [1.82, 2.24) is 4.48 Å². The fourth-order valence-electron chi connectivity index (χ4n) is 17.1. The van der Waals surface area contributed by atoms with Crippen molar-refractivity contribution in [2.45, 2.75) is 87.9 Å². The van der Waals surface area contributed by atoms with Gasteiger partial charge in [0, 0.05) is 33.1 Å². The van der Waals surface area contributed by atoms with Crippen LogP contribution in [0.25, 0.3) is 44.1 Å². The van der Waals surface area contributed by atoms with E-state index in [9.17, 15) is 0 Å². The van der Waals surface area contributed by atoms with Crippen molar-refractivity contribution >= 4 is 56.6 Å². The van der Waals surface area contributed by atoms with Crippen molar-refractivity contribution in [3.8, 4) is 33.8 Å². The maximum Gasteiger partial charge on any atom is 0.333 e. The van der Waals surface area contributed by atoms with Crippen LogP contribution in [0.15, 0.2) is 115 Å². The van der Waals surface area contributed by atoms with Gasteiger partial charge in [-0.3, -0.25) is 0 Å². The summed E-state index contributed by atoms with van der Waals surface area (Å²) in [7, 11) is 0. The number of hydrogen-bond acceptors (Lipinski definition) is 2. The molecule has 0 unspecified atom stereocenters. The van der Waals surface area contributed by atoms with Crippen molar-refractivity contribution < 1.29 is 4.74 Å². The number of para-hydroxylation sites is 3. The van der Waals surface area contributed by atoms with Gasteiger partial charge in [-0.15, -0.1) is 0 Å². The highest BCUT2D eigenvalue weighted by Crippen LogP contribution is 2.64. The Morgan fingerprint density at radius 1 is 0.500 bits per heavy atom. The fourth-order valence-corrected chi connectivity index (χ4v) is 17.1. The van der Waals surface area contributed by atoms with Crippen LogP contribution in [0, 0.1) is 35.5 Å². The molecule has 4 heterocycles. The lowest BCUT2D eigenvalue weighted by atomic mass is 9.44. The maximum absolute atomic E-state index is 6.82. The predicted octanol–water partition coefficient (Wildman–Crippen LogP) is 12.9. The molecule has 11 aliphatic rings. The second-order valence-corrected chi connectivity index (χ2v) is 21.7. The summed E-state index contributed by atoms with van der Waals surface area (Å²) in [6, 6.07) is 45.2. The van der Waals surface area contributed by atoms with Gasteiger partial charge < -0.3 is 14.1 Å². The van der Waals surface area contributed by atoms with Crippen LogP contribution in [0.2, 0.25) is 0 Å². The third-order valence-corrected chi connectivity index (χ3v) is 18.4. The van der Waals surface area contributed by atoms with Crippen LogP contribution in [0.1, 0.15) is 88.2 Å². The number of ether oxygens (including phenoxy) is 1. The molecule has 1 aromatic heterocycles. The first-order valence-corrected chi connectivity index (χ1v) is 23.6. The standard InChI is InChI=1S/C56H49BN2O/c1-2-7-38(8-3-1)39-21-43-45-25-41(56-29-35-18-36(30-56)20-37(19-35)31-56)24-44-42-23-40(55-26-32-15-33(27-55)17-34(16-32)28-55)13-14-47(42)59(53(44)45)57-46-9-6-12-51-54(46)58(49(22-39)52(43)57)48-10-4-5-11-50(48)60-51/h1-14,21-25,32-37H,15-20,26-31H2. The van der Waals surface area contributed by atoms with Crippen LogP contribution in [0.5, 0.6) is 11.5 Å². The first-order chi connectivity index (χ1) is 29.5. The maximum atomic E-state index is 6.82. The minimum atomic E-state index is 0.0307. The number of anilines is 3. The average molecular weight is 777 g/mol. The van der Waals surface area contributed by atoms with Crippen LogP contribution < -0.4 is 20.6 Å². The quantitative estimate of drug-likeness (QED) is 0.166. The Hall–Kier alpha value is -5.22. The monoisotopic (exact) mass is 776 g/mol. The Kier molecular flexibility index (Phi) is 5.96. The van der Waals surface area contributed by atoms with E-state index in [4.69, 9.17) is 4.74 Å². The SMILES string of the molecule is c1ccc(-c2cc3c4c(c2)N2c5ccccc5Oc5cccc(c52)B4n2c4ccc(C56CC7CC(CC(C7)C5)C6)cc4c4cc(C56CC7CC(CC(C7)C5)C6)cc-3c42)cc1. The van der Waals surface area contributed by atoms with Gasteiger partial charge >= 0.3 is 6.85 Å². The Bertz CT molecular complexity index is 2990. The van der Waals surface area contributed by atoms with Crippen LogP contribution >= 0.6 is 0 Å². The van der Waals surface area contributed by atoms with Gasteiger partial charge in [-0.25, -0.2) is 0 Å². The van der Waals surface area contributed by atoms with Gasteiger partial charge in [-0.1, -0.05) is 60.7 Å². The molecule has 0 saturated heterocycles. The van der Waals surface area contributed by atoms with Crippen molar-refractivity contribution in [2.24, 2.45) is 35.5 Å². The molecular formula is C56H49BN2O. The van der Waals surface area contributed by atoms with E-state index < -0.39 is 0 Å². The van der Waals surface area contributed by atoms with Crippen LogP contribution in [0.4, 0.5) is 17.1 Å². The molecule has 0 spiro atoms. The summed E-state index contributed by atoms with van der Waals surface area (Å²) in [5.41, 5.74) is 18.6. The number of fused-ring (bicyclic) bond motifs is 9. The van der Waals surface area contributed by atoms with E-state index in [1.165, 1.54) is 143 Å². The lowest BCUT2D eigenvalue weighted by Crippen LogP contribution is -2.57. The molecule has 0 radical (unpaired) electrons. The topological polar surface area (TPSA) is 17.4 Å². The highest BCUT2D eigenvalue weighted by atomic mass is 16.5. The smallest absolute Gasteiger partial charge is 0.333 e. The van der Waals surface area contributed by atoms with Crippen LogP contribution in [-0.4, -0.2) is 11.3 Å². The second kappa shape index (κ2) is 11.0. The van der Waals surface area contributed by atoms with Crippen molar-refractivity contribution in [2.75, 3.05) is 4.90 Å². The normalized spacial score (nSPS) is 31.4. The first-order valence-electron chi connectivity index (χ1n) is 23.6. The third-order valence-electron chi connectivity index (χ3n) is 18.4. The lowest BCUT2D eigenvalue weighted by Gasteiger charge is -2.57. The molecule has 60 heavy (non-hydrogen) atoms. The van der Waals surface area contributed by atoms with Crippen LogP contribution in [-0.2, 0) is 10.8 Å². The van der Waals surface area contributed by atoms with Gasteiger partial charge in [0.25, 0.3) is 0 Å². The summed E-state index contributed by atoms with van der Waals surface area (Å²) in [6.07, 6.45) is 17.2. The lowest BCUT2D eigenvalue weighted by molar-refractivity contribution is -0.00527. The number of benzene rings is 6. The van der Waals surface area contributed by atoms with E-state index >= 15 is 0 Å². The van der Waals surface area contributed by atoms with Gasteiger partial charge in [0.1, 0.15) is 0 Å². The molecule has 3 nitrogen and oxygen atoms in total. The molecule has 8 bridgehead atoms. The molecule has 8 aliphatic carbocycles. The molecule has 8 fully saturated rings. The van der Waals surface area contributed by atoms with Crippen molar-refractivity contribution in [3.05, 3.63) is 126 Å². The summed E-state index contributed by atoms with van der Waals surface area (Å²) < 4.78 is 9.64.